The number of nitrogens with one attached hydrogen (secondary N) is 2. The van der Waals surface area contributed by atoms with E-state index in [1.165, 1.54) is 33.6 Å². The van der Waals surface area contributed by atoms with Crippen LogP contribution >= 0.6 is 16.1 Å². The van der Waals surface area contributed by atoms with Crippen LogP contribution in [0.4, 0.5) is 11.4 Å². The fraction of sp³-hybridized carbons (Fsp3) is 0.556. The molecule has 3 nitrogen and oxygen atoms in total. The Kier molecular flexibility index (Phi) is 9.90. The van der Waals surface area contributed by atoms with Gasteiger partial charge in [0.25, 0.3) is 0 Å². The molecule has 0 atom stereocenters. The van der Waals surface area contributed by atoms with Crippen LogP contribution in [0.2, 0.25) is 0 Å². The fourth-order valence-electron chi connectivity index (χ4n) is 4.06. The smallest absolute Gasteiger partial charge is 0.0779 e. The van der Waals surface area contributed by atoms with E-state index in [4.69, 9.17) is 0 Å². The van der Waals surface area contributed by atoms with Crippen LogP contribution in [0, 0.1) is 0 Å². The molecule has 0 bridgehead atoms. The fourth-order valence-corrected chi connectivity index (χ4v) is 4.36. The van der Waals surface area contributed by atoms with Crippen LogP contribution in [-0.2, 0) is 0 Å². The van der Waals surface area contributed by atoms with Crippen LogP contribution in [0.15, 0.2) is 36.4 Å². The number of halogens is 1. The summed E-state index contributed by atoms with van der Waals surface area (Å²) in [5.41, 5.74) is 8.18. The maximum absolute atomic E-state index is 3.76. The van der Waals surface area contributed by atoms with E-state index in [0.29, 0.717) is 23.7 Å². The summed E-state index contributed by atoms with van der Waals surface area (Å²) in [6.45, 7) is 20.7. The van der Waals surface area contributed by atoms with Gasteiger partial charge in [0.1, 0.15) is 0 Å². The summed E-state index contributed by atoms with van der Waals surface area (Å²) >= 11 is 3.76. The molecular weight excluding hydrogens is 446 g/mol. The number of hydrogen-bond donors (Lipinski definition) is 2. The Balaban J connectivity index is 2.03. The second-order valence-corrected chi connectivity index (χ2v) is 10.7. The quantitative estimate of drug-likeness (QED) is 0.246. The standard InChI is InChI=1S/C27H42BrN3/c1-18(2)22-11-9-12-23(19(3)4)26(22)29-15-16-31(28)17-30-27-24(20(5)6)13-10-14-25(27)21(7)8/h9-14,18-21,29-30H,15-17H2,1-8H3. The maximum Gasteiger partial charge on any atom is 0.0779 e. The average Bonchev–Trinajstić information content (AvgIpc) is 2.71. The number of nitrogens with zero attached hydrogens (tertiary/aromatic N) is 1. The van der Waals surface area contributed by atoms with Gasteiger partial charge < -0.3 is 10.6 Å². The predicted molar refractivity (Wildman–Crippen MR) is 142 cm³/mol. The Morgan fingerprint density at radius 3 is 1.35 bits per heavy atom. The molecule has 0 heterocycles. The Labute approximate surface area is 199 Å². The largest absolute Gasteiger partial charge is 0.383 e. The highest BCUT2D eigenvalue weighted by atomic mass is 79.9. The summed E-state index contributed by atoms with van der Waals surface area (Å²) in [5.74, 6) is 2.00. The first kappa shape index (κ1) is 25.7. The highest BCUT2D eigenvalue weighted by Gasteiger charge is 2.15. The lowest BCUT2D eigenvalue weighted by Gasteiger charge is -2.24. The van der Waals surface area contributed by atoms with Crippen LogP contribution in [0.5, 0.6) is 0 Å². The molecule has 0 fully saturated rings. The Morgan fingerprint density at radius 2 is 1.00 bits per heavy atom. The van der Waals surface area contributed by atoms with Gasteiger partial charge in [-0.25, -0.2) is 3.93 Å². The van der Waals surface area contributed by atoms with Crippen molar-refractivity contribution in [1.82, 2.24) is 3.93 Å². The van der Waals surface area contributed by atoms with Gasteiger partial charge in [-0.3, -0.25) is 0 Å². The summed E-state index contributed by atoms with van der Waals surface area (Å²) < 4.78 is 2.17. The summed E-state index contributed by atoms with van der Waals surface area (Å²) in [5, 5.41) is 7.44. The molecular formula is C27H42BrN3. The van der Waals surface area contributed by atoms with Gasteiger partial charge in [0.05, 0.1) is 6.67 Å². The van der Waals surface area contributed by atoms with Crippen molar-refractivity contribution in [2.24, 2.45) is 0 Å². The van der Waals surface area contributed by atoms with Crippen molar-refractivity contribution in [3.05, 3.63) is 58.7 Å². The molecule has 2 aromatic carbocycles. The molecule has 2 N–H and O–H groups in total. The van der Waals surface area contributed by atoms with E-state index in [9.17, 15) is 0 Å². The Bertz CT molecular complexity index is 775. The molecule has 0 aromatic heterocycles. The third-order valence-electron chi connectivity index (χ3n) is 5.83. The number of hydrogen-bond acceptors (Lipinski definition) is 3. The summed E-state index contributed by atoms with van der Waals surface area (Å²) in [4.78, 5) is 0. The van der Waals surface area contributed by atoms with Gasteiger partial charge in [0.15, 0.2) is 0 Å². The second-order valence-electron chi connectivity index (χ2n) is 9.69. The van der Waals surface area contributed by atoms with Crippen molar-refractivity contribution >= 4 is 27.5 Å². The number of benzene rings is 2. The van der Waals surface area contributed by atoms with Crippen LogP contribution in [-0.4, -0.2) is 23.7 Å². The molecule has 0 unspecified atom stereocenters. The third-order valence-corrected chi connectivity index (χ3v) is 6.43. The van der Waals surface area contributed by atoms with Crippen LogP contribution in [0.3, 0.4) is 0 Å². The molecule has 4 heteroatoms. The lowest BCUT2D eigenvalue weighted by molar-refractivity contribution is 0.537. The van der Waals surface area contributed by atoms with Gasteiger partial charge in [-0.1, -0.05) is 91.8 Å². The highest BCUT2D eigenvalue weighted by Crippen LogP contribution is 2.33. The van der Waals surface area contributed by atoms with E-state index >= 15 is 0 Å². The maximum atomic E-state index is 3.76. The molecule has 31 heavy (non-hydrogen) atoms. The topological polar surface area (TPSA) is 27.3 Å². The minimum absolute atomic E-state index is 0.494. The van der Waals surface area contributed by atoms with Crippen molar-refractivity contribution < 1.29 is 0 Å². The zero-order chi connectivity index (χ0) is 23.1. The monoisotopic (exact) mass is 487 g/mol. The summed E-state index contributed by atoms with van der Waals surface area (Å²) in [7, 11) is 0. The average molecular weight is 489 g/mol. The van der Waals surface area contributed by atoms with Crippen molar-refractivity contribution in [1.29, 1.82) is 0 Å². The van der Waals surface area contributed by atoms with Crippen molar-refractivity contribution in [3.63, 3.8) is 0 Å². The first-order valence-electron chi connectivity index (χ1n) is 11.8. The highest BCUT2D eigenvalue weighted by molar-refractivity contribution is 9.07. The lowest BCUT2D eigenvalue weighted by Crippen LogP contribution is -2.26. The molecule has 0 aliphatic rings. The van der Waals surface area contributed by atoms with Gasteiger partial charge in [0.2, 0.25) is 0 Å². The van der Waals surface area contributed by atoms with E-state index in [0.717, 1.165) is 19.8 Å². The minimum Gasteiger partial charge on any atom is -0.383 e. The molecule has 0 aliphatic carbocycles. The zero-order valence-corrected chi connectivity index (χ0v) is 22.3. The minimum atomic E-state index is 0.494. The van der Waals surface area contributed by atoms with Crippen LogP contribution in [0.1, 0.15) is 101 Å². The van der Waals surface area contributed by atoms with Crippen LogP contribution < -0.4 is 10.6 Å². The second kappa shape index (κ2) is 11.9. The molecule has 0 saturated heterocycles. The van der Waals surface area contributed by atoms with E-state index in [1.54, 1.807) is 0 Å². The Morgan fingerprint density at radius 1 is 0.645 bits per heavy atom. The van der Waals surface area contributed by atoms with Gasteiger partial charge in [0, 0.05) is 40.6 Å². The Hall–Kier alpha value is -1.52. The van der Waals surface area contributed by atoms with Crippen molar-refractivity contribution in [2.45, 2.75) is 79.1 Å². The third kappa shape index (κ3) is 6.98. The summed E-state index contributed by atoms with van der Waals surface area (Å²) in [6.07, 6.45) is 0. The first-order valence-corrected chi connectivity index (χ1v) is 12.5. The lowest BCUT2D eigenvalue weighted by atomic mass is 9.92. The predicted octanol–water partition coefficient (Wildman–Crippen LogP) is 8.27. The van der Waals surface area contributed by atoms with E-state index in [2.05, 4.69) is 122 Å². The SMILES string of the molecule is CC(C)c1cccc(C(C)C)c1NCCN(Br)CNc1c(C(C)C)cccc1C(C)C. The van der Waals surface area contributed by atoms with Crippen molar-refractivity contribution in [2.75, 3.05) is 30.4 Å². The molecule has 0 aliphatic heterocycles. The summed E-state index contributed by atoms with van der Waals surface area (Å²) in [6, 6.07) is 13.4. The molecule has 2 rings (SSSR count). The molecule has 0 spiro atoms. The van der Waals surface area contributed by atoms with Gasteiger partial charge >= 0.3 is 0 Å². The molecule has 0 radical (unpaired) electrons. The van der Waals surface area contributed by atoms with E-state index in [1.807, 2.05) is 0 Å². The molecule has 0 amide bonds. The molecule has 172 valence electrons. The first-order chi connectivity index (χ1) is 14.6. The molecule has 0 saturated carbocycles. The van der Waals surface area contributed by atoms with Crippen LogP contribution in [0.25, 0.3) is 0 Å². The van der Waals surface area contributed by atoms with Gasteiger partial charge in [-0.15, -0.1) is 0 Å². The number of para-hydroxylation sites is 2. The van der Waals surface area contributed by atoms with Gasteiger partial charge in [-0.05, 0) is 45.9 Å². The zero-order valence-electron chi connectivity index (χ0n) is 20.7. The van der Waals surface area contributed by atoms with E-state index in [-0.39, 0.29) is 0 Å². The number of anilines is 2. The molecule has 2 aromatic rings. The normalized spacial score (nSPS) is 11.9. The van der Waals surface area contributed by atoms with E-state index < -0.39 is 0 Å². The van der Waals surface area contributed by atoms with Crippen molar-refractivity contribution in [3.8, 4) is 0 Å². The number of rotatable bonds is 11. The van der Waals surface area contributed by atoms with Gasteiger partial charge in [-0.2, -0.15) is 0 Å².